The molecule has 1 rings (SSSR count). The third-order valence-corrected chi connectivity index (χ3v) is 3.63. The fourth-order valence-electron chi connectivity index (χ4n) is 2.12. The van der Waals surface area contributed by atoms with Gasteiger partial charge in [0.15, 0.2) is 0 Å². The normalized spacial score (nSPS) is 13.6. The molecular weight excluding hydrogens is 224 g/mol. The molecule has 1 N–H and O–H groups in total. The third kappa shape index (κ3) is 4.07. The first-order valence-corrected chi connectivity index (χ1v) is 6.69. The number of ether oxygens (including phenoxy) is 1. The Morgan fingerprint density at radius 1 is 1.44 bits per heavy atom. The second-order valence-electron chi connectivity index (χ2n) is 5.27. The van der Waals surface area contributed by atoms with Crippen molar-refractivity contribution in [3.05, 3.63) is 29.6 Å². The average Bonchev–Trinajstić information content (AvgIpc) is 2.40. The topological polar surface area (TPSA) is 34.1 Å². The SMILES string of the molecule is CCc1cnccc1C(CCC(C)(C)OC)NC. The Labute approximate surface area is 111 Å². The van der Waals surface area contributed by atoms with Gasteiger partial charge in [-0.05, 0) is 57.4 Å². The Hall–Kier alpha value is -0.930. The maximum absolute atomic E-state index is 5.48. The molecule has 3 heteroatoms. The van der Waals surface area contributed by atoms with E-state index in [4.69, 9.17) is 4.74 Å². The van der Waals surface area contributed by atoms with Gasteiger partial charge in [-0.15, -0.1) is 0 Å². The molecule has 0 saturated carbocycles. The lowest BCUT2D eigenvalue weighted by Crippen LogP contribution is -2.26. The standard InChI is InChI=1S/C15H26N2O/c1-6-12-11-17-10-8-13(12)14(16-4)7-9-15(2,3)18-5/h8,10-11,14,16H,6-7,9H2,1-5H3. The molecule has 0 bridgehead atoms. The van der Waals surface area contributed by atoms with Crippen LogP contribution in [0.2, 0.25) is 0 Å². The lowest BCUT2D eigenvalue weighted by molar-refractivity contribution is 0.0118. The Balaban J connectivity index is 2.77. The number of nitrogens with zero attached hydrogens (tertiary/aromatic N) is 1. The second-order valence-corrected chi connectivity index (χ2v) is 5.27. The van der Waals surface area contributed by atoms with Crippen LogP contribution in [-0.4, -0.2) is 24.7 Å². The lowest BCUT2D eigenvalue weighted by Gasteiger charge is -2.26. The van der Waals surface area contributed by atoms with Gasteiger partial charge in [-0.3, -0.25) is 4.98 Å². The minimum atomic E-state index is -0.0610. The van der Waals surface area contributed by atoms with Crippen molar-refractivity contribution >= 4 is 0 Å². The van der Waals surface area contributed by atoms with Crippen molar-refractivity contribution in [2.75, 3.05) is 14.2 Å². The van der Waals surface area contributed by atoms with Gasteiger partial charge in [0.1, 0.15) is 0 Å². The van der Waals surface area contributed by atoms with Gasteiger partial charge in [-0.25, -0.2) is 0 Å². The van der Waals surface area contributed by atoms with E-state index in [1.54, 1.807) is 7.11 Å². The van der Waals surface area contributed by atoms with Crippen LogP contribution in [-0.2, 0) is 11.2 Å². The zero-order valence-electron chi connectivity index (χ0n) is 12.3. The molecule has 3 nitrogen and oxygen atoms in total. The summed E-state index contributed by atoms with van der Waals surface area (Å²) in [4.78, 5) is 4.21. The van der Waals surface area contributed by atoms with Crippen molar-refractivity contribution in [1.82, 2.24) is 10.3 Å². The zero-order valence-corrected chi connectivity index (χ0v) is 12.3. The van der Waals surface area contributed by atoms with Crippen molar-refractivity contribution < 1.29 is 4.74 Å². The van der Waals surface area contributed by atoms with Crippen LogP contribution in [0.4, 0.5) is 0 Å². The van der Waals surface area contributed by atoms with Crippen LogP contribution in [0.3, 0.4) is 0 Å². The summed E-state index contributed by atoms with van der Waals surface area (Å²) in [6.07, 6.45) is 6.96. The van der Waals surface area contributed by atoms with Crippen LogP contribution in [0.1, 0.15) is 50.8 Å². The second kappa shape index (κ2) is 6.86. The van der Waals surface area contributed by atoms with Gasteiger partial charge in [0.25, 0.3) is 0 Å². The van der Waals surface area contributed by atoms with Gasteiger partial charge in [0.05, 0.1) is 5.60 Å². The van der Waals surface area contributed by atoms with Crippen LogP contribution in [0.5, 0.6) is 0 Å². The number of pyridine rings is 1. The van der Waals surface area contributed by atoms with E-state index in [9.17, 15) is 0 Å². The van der Waals surface area contributed by atoms with E-state index in [2.05, 4.69) is 37.1 Å². The van der Waals surface area contributed by atoms with Crippen LogP contribution in [0, 0.1) is 0 Å². The predicted molar refractivity (Wildman–Crippen MR) is 75.7 cm³/mol. The molecular formula is C15H26N2O. The maximum atomic E-state index is 5.48. The molecule has 0 aliphatic heterocycles. The molecule has 1 aromatic rings. The van der Waals surface area contributed by atoms with E-state index in [0.29, 0.717) is 6.04 Å². The number of methoxy groups -OCH3 is 1. The van der Waals surface area contributed by atoms with Crippen LogP contribution >= 0.6 is 0 Å². The number of aromatic nitrogens is 1. The van der Waals surface area contributed by atoms with Crippen molar-refractivity contribution in [3.63, 3.8) is 0 Å². The fourth-order valence-corrected chi connectivity index (χ4v) is 2.12. The van der Waals surface area contributed by atoms with Crippen LogP contribution in [0.25, 0.3) is 0 Å². The molecule has 1 aromatic heterocycles. The summed E-state index contributed by atoms with van der Waals surface area (Å²) in [6, 6.07) is 2.50. The van der Waals surface area contributed by atoms with Gasteiger partial charge in [-0.2, -0.15) is 0 Å². The largest absolute Gasteiger partial charge is 0.379 e. The Bertz CT molecular complexity index is 363. The minimum Gasteiger partial charge on any atom is -0.379 e. The summed E-state index contributed by atoms with van der Waals surface area (Å²) in [5, 5.41) is 3.41. The number of nitrogens with one attached hydrogen (secondary N) is 1. The molecule has 102 valence electrons. The molecule has 1 heterocycles. The van der Waals surface area contributed by atoms with Gasteiger partial charge in [0, 0.05) is 25.5 Å². The molecule has 0 saturated heterocycles. The molecule has 1 unspecified atom stereocenters. The zero-order chi connectivity index (χ0) is 13.6. The molecule has 0 amide bonds. The van der Waals surface area contributed by atoms with Gasteiger partial charge in [0.2, 0.25) is 0 Å². The van der Waals surface area contributed by atoms with E-state index in [1.807, 2.05) is 19.4 Å². The molecule has 0 aliphatic carbocycles. The molecule has 0 spiro atoms. The van der Waals surface area contributed by atoms with E-state index in [0.717, 1.165) is 19.3 Å². The summed E-state index contributed by atoms with van der Waals surface area (Å²) in [5.41, 5.74) is 2.63. The monoisotopic (exact) mass is 250 g/mol. The van der Waals surface area contributed by atoms with Crippen molar-refractivity contribution in [3.8, 4) is 0 Å². The molecule has 0 radical (unpaired) electrons. The average molecular weight is 250 g/mol. The first-order chi connectivity index (χ1) is 8.54. The summed E-state index contributed by atoms with van der Waals surface area (Å²) in [5.74, 6) is 0. The van der Waals surface area contributed by atoms with E-state index >= 15 is 0 Å². The highest BCUT2D eigenvalue weighted by Crippen LogP contribution is 2.26. The first-order valence-electron chi connectivity index (χ1n) is 6.69. The Kier molecular flexibility index (Phi) is 5.76. The Morgan fingerprint density at radius 2 is 2.17 bits per heavy atom. The van der Waals surface area contributed by atoms with Gasteiger partial charge < -0.3 is 10.1 Å². The van der Waals surface area contributed by atoms with Crippen LogP contribution < -0.4 is 5.32 Å². The number of hydrogen-bond donors (Lipinski definition) is 1. The lowest BCUT2D eigenvalue weighted by atomic mass is 9.92. The van der Waals surface area contributed by atoms with Crippen LogP contribution in [0.15, 0.2) is 18.5 Å². The predicted octanol–water partition coefficient (Wildman–Crippen LogP) is 3.11. The fraction of sp³-hybridized carbons (Fsp3) is 0.667. The highest BCUT2D eigenvalue weighted by molar-refractivity contribution is 5.26. The minimum absolute atomic E-state index is 0.0610. The number of hydrogen-bond acceptors (Lipinski definition) is 3. The van der Waals surface area contributed by atoms with Crippen molar-refractivity contribution in [2.45, 2.75) is 51.7 Å². The first kappa shape index (κ1) is 15.1. The van der Waals surface area contributed by atoms with E-state index in [1.165, 1.54) is 11.1 Å². The van der Waals surface area contributed by atoms with E-state index in [-0.39, 0.29) is 5.60 Å². The summed E-state index contributed by atoms with van der Waals surface area (Å²) in [6.45, 7) is 6.44. The summed E-state index contributed by atoms with van der Waals surface area (Å²) >= 11 is 0. The highest BCUT2D eigenvalue weighted by atomic mass is 16.5. The molecule has 0 aromatic carbocycles. The van der Waals surface area contributed by atoms with Gasteiger partial charge in [-0.1, -0.05) is 6.92 Å². The number of aryl methyl sites for hydroxylation is 1. The van der Waals surface area contributed by atoms with E-state index < -0.39 is 0 Å². The Morgan fingerprint density at radius 3 is 2.72 bits per heavy atom. The van der Waals surface area contributed by atoms with Crippen molar-refractivity contribution in [1.29, 1.82) is 0 Å². The van der Waals surface area contributed by atoms with Crippen molar-refractivity contribution in [2.24, 2.45) is 0 Å². The summed E-state index contributed by atoms with van der Waals surface area (Å²) < 4.78 is 5.48. The summed E-state index contributed by atoms with van der Waals surface area (Å²) in [7, 11) is 3.79. The van der Waals surface area contributed by atoms with Gasteiger partial charge >= 0.3 is 0 Å². The molecule has 18 heavy (non-hydrogen) atoms. The maximum Gasteiger partial charge on any atom is 0.0623 e. The molecule has 0 aliphatic rings. The number of rotatable bonds is 7. The quantitative estimate of drug-likeness (QED) is 0.807. The smallest absolute Gasteiger partial charge is 0.0623 e. The molecule has 0 fully saturated rings. The third-order valence-electron chi connectivity index (χ3n) is 3.63. The highest BCUT2D eigenvalue weighted by Gasteiger charge is 2.20. The molecule has 1 atom stereocenters.